The standard InChI is InChI=1S/C20H26N2O2S/c1-15-12-13-16(2)20(14-15)21-18-10-6-7-11-19(18)22-25(23,24)17-8-4-3-5-9-17/h3-5,8-9,12-14,18-19,21-22H,6-7,10-11H2,1-2H3/t18-,19-/m0/s1. The minimum absolute atomic E-state index is 0.0983. The molecule has 0 radical (unpaired) electrons. The quantitative estimate of drug-likeness (QED) is 0.849. The maximum atomic E-state index is 12.7. The summed E-state index contributed by atoms with van der Waals surface area (Å²) in [6.45, 7) is 4.15. The second-order valence-electron chi connectivity index (χ2n) is 6.89. The van der Waals surface area contributed by atoms with E-state index in [2.05, 4.69) is 42.1 Å². The molecule has 1 aliphatic carbocycles. The largest absolute Gasteiger partial charge is 0.380 e. The molecule has 2 aromatic rings. The van der Waals surface area contributed by atoms with Crippen LogP contribution in [0.5, 0.6) is 0 Å². The van der Waals surface area contributed by atoms with Crippen molar-refractivity contribution in [3.8, 4) is 0 Å². The molecule has 3 rings (SSSR count). The van der Waals surface area contributed by atoms with Gasteiger partial charge in [0.2, 0.25) is 10.0 Å². The third kappa shape index (κ3) is 4.41. The number of hydrogen-bond donors (Lipinski definition) is 2. The first-order valence-corrected chi connectivity index (χ1v) is 10.4. The van der Waals surface area contributed by atoms with Crippen LogP contribution in [-0.4, -0.2) is 20.5 Å². The summed E-state index contributed by atoms with van der Waals surface area (Å²) in [5.74, 6) is 0. The van der Waals surface area contributed by atoms with Gasteiger partial charge < -0.3 is 5.32 Å². The minimum atomic E-state index is -3.49. The molecule has 0 saturated heterocycles. The van der Waals surface area contributed by atoms with Gasteiger partial charge in [-0.3, -0.25) is 0 Å². The highest BCUT2D eigenvalue weighted by molar-refractivity contribution is 7.89. The van der Waals surface area contributed by atoms with E-state index in [0.29, 0.717) is 4.90 Å². The van der Waals surface area contributed by atoms with Crippen molar-refractivity contribution in [2.24, 2.45) is 0 Å². The number of sulfonamides is 1. The first-order chi connectivity index (χ1) is 12.0. The molecule has 2 atom stereocenters. The Hall–Kier alpha value is -1.85. The lowest BCUT2D eigenvalue weighted by molar-refractivity contribution is 0.378. The molecule has 0 spiro atoms. The molecule has 0 amide bonds. The third-order valence-electron chi connectivity index (χ3n) is 4.86. The summed E-state index contributed by atoms with van der Waals surface area (Å²) < 4.78 is 28.3. The molecule has 0 aromatic heterocycles. The SMILES string of the molecule is Cc1ccc(C)c(N[C@H]2CCCC[C@@H]2NS(=O)(=O)c2ccccc2)c1. The maximum Gasteiger partial charge on any atom is 0.240 e. The zero-order valence-corrected chi connectivity index (χ0v) is 15.6. The van der Waals surface area contributed by atoms with Crippen LogP contribution < -0.4 is 10.0 Å². The molecule has 5 heteroatoms. The fraction of sp³-hybridized carbons (Fsp3) is 0.400. The summed E-state index contributed by atoms with van der Waals surface area (Å²) in [7, 11) is -3.49. The van der Waals surface area contributed by atoms with Crippen LogP contribution in [0.4, 0.5) is 5.69 Å². The Kier molecular flexibility index (Phi) is 5.45. The molecule has 0 heterocycles. The van der Waals surface area contributed by atoms with Crippen LogP contribution in [0.15, 0.2) is 53.4 Å². The lowest BCUT2D eigenvalue weighted by Crippen LogP contribution is -2.48. The van der Waals surface area contributed by atoms with Crippen LogP contribution in [-0.2, 0) is 10.0 Å². The van der Waals surface area contributed by atoms with Crippen molar-refractivity contribution in [2.45, 2.75) is 56.5 Å². The molecule has 4 nitrogen and oxygen atoms in total. The van der Waals surface area contributed by atoms with Gasteiger partial charge in [0, 0.05) is 17.8 Å². The van der Waals surface area contributed by atoms with E-state index >= 15 is 0 Å². The molecule has 25 heavy (non-hydrogen) atoms. The summed E-state index contributed by atoms with van der Waals surface area (Å²) >= 11 is 0. The van der Waals surface area contributed by atoms with Crippen molar-refractivity contribution in [1.29, 1.82) is 0 Å². The van der Waals surface area contributed by atoms with Gasteiger partial charge in [0.05, 0.1) is 4.90 Å². The third-order valence-corrected chi connectivity index (χ3v) is 6.37. The Morgan fingerprint density at radius 2 is 1.60 bits per heavy atom. The van der Waals surface area contributed by atoms with Crippen LogP contribution in [0.1, 0.15) is 36.8 Å². The van der Waals surface area contributed by atoms with Crippen molar-refractivity contribution in [1.82, 2.24) is 4.72 Å². The number of hydrogen-bond acceptors (Lipinski definition) is 3. The summed E-state index contributed by atoms with van der Waals surface area (Å²) in [4.78, 5) is 0.325. The van der Waals surface area contributed by atoms with Crippen molar-refractivity contribution < 1.29 is 8.42 Å². The average Bonchev–Trinajstić information content (AvgIpc) is 2.60. The van der Waals surface area contributed by atoms with Crippen molar-refractivity contribution in [2.75, 3.05) is 5.32 Å². The molecular formula is C20H26N2O2S. The lowest BCUT2D eigenvalue weighted by atomic mass is 9.90. The fourth-order valence-corrected chi connectivity index (χ4v) is 4.73. The Labute approximate surface area is 150 Å². The maximum absolute atomic E-state index is 12.7. The number of rotatable bonds is 5. The molecule has 2 N–H and O–H groups in total. The molecule has 2 aromatic carbocycles. The Morgan fingerprint density at radius 3 is 2.32 bits per heavy atom. The first-order valence-electron chi connectivity index (χ1n) is 8.87. The Bertz CT molecular complexity index is 819. The van der Waals surface area contributed by atoms with Crippen LogP contribution in [0, 0.1) is 13.8 Å². The van der Waals surface area contributed by atoms with Gasteiger partial charge in [0.25, 0.3) is 0 Å². The second-order valence-corrected chi connectivity index (χ2v) is 8.61. The number of aryl methyl sites for hydroxylation is 2. The van der Waals surface area contributed by atoms with Gasteiger partial charge in [0.1, 0.15) is 0 Å². The predicted octanol–water partition coefficient (Wildman–Crippen LogP) is 4.01. The highest BCUT2D eigenvalue weighted by Crippen LogP contribution is 2.26. The van der Waals surface area contributed by atoms with Gasteiger partial charge in [-0.25, -0.2) is 13.1 Å². The van der Waals surface area contributed by atoms with Gasteiger partial charge in [-0.2, -0.15) is 0 Å². The van der Waals surface area contributed by atoms with Crippen LogP contribution in [0.25, 0.3) is 0 Å². The Balaban J connectivity index is 1.78. The monoisotopic (exact) mass is 358 g/mol. The summed E-state index contributed by atoms with van der Waals surface area (Å²) in [6.07, 6.45) is 3.99. The predicted molar refractivity (Wildman–Crippen MR) is 102 cm³/mol. The molecule has 0 aliphatic heterocycles. The Morgan fingerprint density at radius 1 is 0.920 bits per heavy atom. The van der Waals surface area contributed by atoms with E-state index in [4.69, 9.17) is 0 Å². The summed E-state index contributed by atoms with van der Waals surface area (Å²) in [5.41, 5.74) is 3.47. The normalized spacial score (nSPS) is 21.0. The molecule has 134 valence electrons. The molecule has 1 aliphatic rings. The fourth-order valence-electron chi connectivity index (χ4n) is 3.40. The molecule has 0 bridgehead atoms. The molecule has 0 unspecified atom stereocenters. The van der Waals surface area contributed by atoms with Gasteiger partial charge in [0.15, 0.2) is 0 Å². The van der Waals surface area contributed by atoms with Crippen molar-refractivity contribution in [3.05, 3.63) is 59.7 Å². The van der Waals surface area contributed by atoms with Crippen LogP contribution in [0.3, 0.4) is 0 Å². The topological polar surface area (TPSA) is 58.2 Å². The van der Waals surface area contributed by atoms with Gasteiger partial charge in [-0.15, -0.1) is 0 Å². The highest BCUT2D eigenvalue weighted by atomic mass is 32.2. The molecule has 1 fully saturated rings. The van der Waals surface area contributed by atoms with Crippen molar-refractivity contribution in [3.63, 3.8) is 0 Å². The minimum Gasteiger partial charge on any atom is -0.380 e. The molecular weight excluding hydrogens is 332 g/mol. The van der Waals surface area contributed by atoms with Crippen LogP contribution in [0.2, 0.25) is 0 Å². The summed E-state index contributed by atoms with van der Waals surface area (Å²) in [6, 6.07) is 14.9. The van der Waals surface area contributed by atoms with Gasteiger partial charge >= 0.3 is 0 Å². The van der Waals surface area contributed by atoms with E-state index in [1.54, 1.807) is 24.3 Å². The zero-order valence-electron chi connectivity index (χ0n) is 14.8. The first kappa shape index (κ1) is 18.0. The van der Waals surface area contributed by atoms with E-state index in [0.717, 1.165) is 31.4 Å². The van der Waals surface area contributed by atoms with Gasteiger partial charge in [-0.05, 0) is 56.0 Å². The molecule has 1 saturated carbocycles. The number of benzene rings is 2. The van der Waals surface area contributed by atoms with E-state index < -0.39 is 10.0 Å². The van der Waals surface area contributed by atoms with Crippen molar-refractivity contribution >= 4 is 15.7 Å². The van der Waals surface area contributed by atoms with E-state index in [9.17, 15) is 8.42 Å². The zero-order chi connectivity index (χ0) is 17.9. The highest BCUT2D eigenvalue weighted by Gasteiger charge is 2.29. The lowest BCUT2D eigenvalue weighted by Gasteiger charge is -2.33. The van der Waals surface area contributed by atoms with E-state index in [-0.39, 0.29) is 12.1 Å². The second kappa shape index (κ2) is 7.58. The summed E-state index contributed by atoms with van der Waals surface area (Å²) in [5, 5.41) is 3.59. The van der Waals surface area contributed by atoms with Gasteiger partial charge in [-0.1, -0.05) is 43.2 Å². The van der Waals surface area contributed by atoms with E-state index in [1.807, 2.05) is 6.07 Å². The smallest absolute Gasteiger partial charge is 0.240 e. The average molecular weight is 359 g/mol. The van der Waals surface area contributed by atoms with E-state index in [1.165, 1.54) is 11.1 Å². The number of anilines is 1. The van der Waals surface area contributed by atoms with Crippen LogP contribution >= 0.6 is 0 Å². The number of nitrogens with one attached hydrogen (secondary N) is 2.